The zero-order valence-corrected chi connectivity index (χ0v) is 7.75. The van der Waals surface area contributed by atoms with Crippen LogP contribution in [0, 0.1) is 28.6 Å². The van der Waals surface area contributed by atoms with Crippen LogP contribution >= 0.6 is 0 Å². The summed E-state index contributed by atoms with van der Waals surface area (Å²) in [6.07, 6.45) is 2.77. The molecule has 3 nitrogen and oxygen atoms in total. The molecule has 1 spiro atoms. The lowest BCUT2D eigenvalue weighted by Crippen LogP contribution is -2.28. The third-order valence-corrected chi connectivity index (χ3v) is 3.25. The lowest BCUT2D eigenvalue weighted by Gasteiger charge is -2.31. The van der Waals surface area contributed by atoms with E-state index in [0.29, 0.717) is 6.61 Å². The molecule has 13 heavy (non-hydrogen) atoms. The summed E-state index contributed by atoms with van der Waals surface area (Å²) in [6.45, 7) is 2.29. The molecule has 1 unspecified atom stereocenters. The van der Waals surface area contributed by atoms with E-state index in [0.717, 1.165) is 19.3 Å². The summed E-state index contributed by atoms with van der Waals surface area (Å²) in [5.74, 6) is 0.246. The Morgan fingerprint density at radius 3 is 2.85 bits per heavy atom. The van der Waals surface area contributed by atoms with E-state index in [4.69, 9.17) is 10.00 Å². The zero-order chi connectivity index (χ0) is 9.47. The van der Waals surface area contributed by atoms with Gasteiger partial charge in [0.2, 0.25) is 0 Å². The van der Waals surface area contributed by atoms with Crippen molar-refractivity contribution in [3.63, 3.8) is 0 Å². The van der Waals surface area contributed by atoms with E-state index < -0.39 is 0 Å². The molecule has 2 saturated carbocycles. The Bertz CT molecular complexity index is 273. The predicted molar refractivity (Wildman–Crippen MR) is 45.5 cm³/mol. The number of ether oxygens (including phenoxy) is 1. The van der Waals surface area contributed by atoms with Crippen molar-refractivity contribution in [1.29, 1.82) is 5.26 Å². The Morgan fingerprint density at radius 1 is 1.62 bits per heavy atom. The molecule has 0 bridgehead atoms. The fourth-order valence-electron chi connectivity index (χ4n) is 2.39. The SMILES string of the molecule is CCOC(=O)C1CC12CC(C#N)C2. The van der Waals surface area contributed by atoms with Gasteiger partial charge in [0.15, 0.2) is 0 Å². The third kappa shape index (κ3) is 1.21. The highest BCUT2D eigenvalue weighted by atomic mass is 16.5. The summed E-state index contributed by atoms with van der Waals surface area (Å²) in [7, 11) is 0. The van der Waals surface area contributed by atoms with Crippen LogP contribution in [0.1, 0.15) is 26.2 Å². The quantitative estimate of drug-likeness (QED) is 0.603. The van der Waals surface area contributed by atoms with Crippen molar-refractivity contribution in [1.82, 2.24) is 0 Å². The van der Waals surface area contributed by atoms with Crippen molar-refractivity contribution in [2.24, 2.45) is 17.3 Å². The average molecular weight is 179 g/mol. The molecule has 0 amide bonds. The molecule has 1 atom stereocenters. The van der Waals surface area contributed by atoms with Crippen LogP contribution in [0.3, 0.4) is 0 Å². The zero-order valence-electron chi connectivity index (χ0n) is 7.75. The third-order valence-electron chi connectivity index (χ3n) is 3.25. The number of carbonyl (C=O) groups is 1. The first-order chi connectivity index (χ1) is 6.22. The Morgan fingerprint density at radius 2 is 2.31 bits per heavy atom. The van der Waals surface area contributed by atoms with E-state index in [2.05, 4.69) is 6.07 Å². The number of rotatable bonds is 2. The number of nitriles is 1. The fraction of sp³-hybridized carbons (Fsp3) is 0.800. The van der Waals surface area contributed by atoms with Crippen LogP contribution in [-0.4, -0.2) is 12.6 Å². The van der Waals surface area contributed by atoms with Crippen LogP contribution in [0.15, 0.2) is 0 Å². The first-order valence-corrected chi connectivity index (χ1v) is 4.78. The van der Waals surface area contributed by atoms with Gasteiger partial charge in [-0.15, -0.1) is 0 Å². The molecule has 70 valence electrons. The second kappa shape index (κ2) is 2.73. The van der Waals surface area contributed by atoms with E-state index in [1.54, 1.807) is 0 Å². The highest BCUT2D eigenvalue weighted by Crippen LogP contribution is 2.67. The normalized spacial score (nSPS) is 40.6. The molecule has 0 aromatic heterocycles. The van der Waals surface area contributed by atoms with Gasteiger partial charge in [0.05, 0.1) is 18.6 Å². The standard InChI is InChI=1S/C10H13NO2/c1-2-13-9(12)8-5-10(8)3-7(4-10)6-11/h7-8H,2-5H2,1H3. The highest BCUT2D eigenvalue weighted by Gasteiger charge is 2.65. The molecule has 0 N–H and O–H groups in total. The van der Waals surface area contributed by atoms with Gasteiger partial charge in [0, 0.05) is 5.92 Å². The van der Waals surface area contributed by atoms with Gasteiger partial charge >= 0.3 is 5.97 Å². The van der Waals surface area contributed by atoms with Crippen molar-refractivity contribution in [2.45, 2.75) is 26.2 Å². The number of carbonyl (C=O) groups excluding carboxylic acids is 1. The lowest BCUT2D eigenvalue weighted by molar-refractivity contribution is -0.146. The van der Waals surface area contributed by atoms with Gasteiger partial charge in [-0.1, -0.05) is 0 Å². The number of esters is 1. The molecule has 2 aliphatic carbocycles. The summed E-state index contributed by atoms with van der Waals surface area (Å²) < 4.78 is 4.94. The molecule has 2 rings (SSSR count). The summed E-state index contributed by atoms with van der Waals surface area (Å²) in [5, 5.41) is 8.61. The van der Waals surface area contributed by atoms with Crippen molar-refractivity contribution < 1.29 is 9.53 Å². The van der Waals surface area contributed by atoms with Gasteiger partial charge in [0.25, 0.3) is 0 Å². The molecule has 0 heterocycles. The molecule has 3 heteroatoms. The Balaban J connectivity index is 1.84. The van der Waals surface area contributed by atoms with Gasteiger partial charge in [0.1, 0.15) is 0 Å². The minimum atomic E-state index is -0.0566. The Labute approximate surface area is 77.7 Å². The van der Waals surface area contributed by atoms with Gasteiger partial charge in [-0.25, -0.2) is 0 Å². The van der Waals surface area contributed by atoms with Crippen LogP contribution in [0.5, 0.6) is 0 Å². The molecule has 2 aliphatic rings. The summed E-state index contributed by atoms with van der Waals surface area (Å²) >= 11 is 0. The van der Waals surface area contributed by atoms with E-state index >= 15 is 0 Å². The van der Waals surface area contributed by atoms with Crippen LogP contribution in [0.25, 0.3) is 0 Å². The molecule has 0 saturated heterocycles. The summed E-state index contributed by atoms with van der Waals surface area (Å²) in [6, 6.07) is 2.24. The Kier molecular flexibility index (Phi) is 1.80. The van der Waals surface area contributed by atoms with E-state index in [9.17, 15) is 4.79 Å². The summed E-state index contributed by atoms with van der Waals surface area (Å²) in [5.41, 5.74) is 0.187. The molecule has 2 fully saturated rings. The first-order valence-electron chi connectivity index (χ1n) is 4.78. The van der Waals surface area contributed by atoms with E-state index in [1.807, 2.05) is 6.92 Å². The summed E-state index contributed by atoms with van der Waals surface area (Å²) in [4.78, 5) is 11.3. The van der Waals surface area contributed by atoms with Gasteiger partial charge in [-0.05, 0) is 31.6 Å². The topological polar surface area (TPSA) is 50.1 Å². The maximum atomic E-state index is 11.3. The second-order valence-electron chi connectivity index (χ2n) is 4.11. The number of hydrogen-bond donors (Lipinski definition) is 0. The molecular formula is C10H13NO2. The second-order valence-corrected chi connectivity index (χ2v) is 4.11. The molecule has 0 aliphatic heterocycles. The largest absolute Gasteiger partial charge is 0.466 e. The predicted octanol–water partition coefficient (Wildman–Crippen LogP) is 1.49. The van der Waals surface area contributed by atoms with Crippen LogP contribution in [0.2, 0.25) is 0 Å². The van der Waals surface area contributed by atoms with Gasteiger partial charge in [-0.3, -0.25) is 4.79 Å². The lowest BCUT2D eigenvalue weighted by atomic mass is 9.71. The smallest absolute Gasteiger partial charge is 0.309 e. The van der Waals surface area contributed by atoms with Crippen molar-refractivity contribution in [2.75, 3.05) is 6.61 Å². The van der Waals surface area contributed by atoms with E-state index in [1.165, 1.54) is 0 Å². The van der Waals surface area contributed by atoms with Crippen LogP contribution in [0.4, 0.5) is 0 Å². The molecule has 0 aromatic rings. The van der Waals surface area contributed by atoms with Crippen LogP contribution < -0.4 is 0 Å². The highest BCUT2D eigenvalue weighted by molar-refractivity contribution is 5.77. The maximum absolute atomic E-state index is 11.3. The average Bonchev–Trinajstić information content (AvgIpc) is 2.76. The van der Waals surface area contributed by atoms with Gasteiger partial charge in [-0.2, -0.15) is 5.26 Å². The van der Waals surface area contributed by atoms with Crippen molar-refractivity contribution in [3.05, 3.63) is 0 Å². The molecule has 0 radical (unpaired) electrons. The molecular weight excluding hydrogens is 166 g/mol. The number of hydrogen-bond acceptors (Lipinski definition) is 3. The monoisotopic (exact) mass is 179 g/mol. The minimum Gasteiger partial charge on any atom is -0.466 e. The molecule has 0 aromatic carbocycles. The fourth-order valence-corrected chi connectivity index (χ4v) is 2.39. The maximum Gasteiger partial charge on any atom is 0.309 e. The van der Waals surface area contributed by atoms with Crippen molar-refractivity contribution >= 4 is 5.97 Å². The minimum absolute atomic E-state index is 0.0566. The van der Waals surface area contributed by atoms with Gasteiger partial charge < -0.3 is 4.74 Å². The number of nitrogens with zero attached hydrogens (tertiary/aromatic N) is 1. The van der Waals surface area contributed by atoms with Crippen LogP contribution in [-0.2, 0) is 9.53 Å². The van der Waals surface area contributed by atoms with E-state index in [-0.39, 0.29) is 23.2 Å². The first kappa shape index (κ1) is 8.55. The van der Waals surface area contributed by atoms with Crippen molar-refractivity contribution in [3.8, 4) is 6.07 Å². The Hall–Kier alpha value is -1.04.